The first-order valence-corrected chi connectivity index (χ1v) is 19.7. The molecule has 0 unspecified atom stereocenters. The standard InChI is InChI=1S/C44H68N2.Ni/c1-7-13-19-23-35-29-36(24-20-14-8-2)32-39(31-35)43-41(27-17-11-5)42(28-18-12-6)44(46(43)45)40-33-37(25-21-15-9-3)30-38(34-40)26-22-16-10-4;/h29-34H,7-28H2,1-6H3;. The van der Waals surface area contributed by atoms with Gasteiger partial charge in [0.1, 0.15) is 0 Å². The third kappa shape index (κ3) is 12.8. The number of nitrogens with zero attached hydrogens (tertiary/aromatic N) is 2. The van der Waals surface area contributed by atoms with Gasteiger partial charge in [0, 0.05) is 38.8 Å². The Hall–Kier alpha value is -1.99. The van der Waals surface area contributed by atoms with E-state index < -0.39 is 0 Å². The normalized spacial score (nSPS) is 13.2. The van der Waals surface area contributed by atoms with Gasteiger partial charge in [-0.25, -0.2) is 4.70 Å². The van der Waals surface area contributed by atoms with Gasteiger partial charge in [-0.15, -0.1) is 0 Å². The zero-order chi connectivity index (χ0) is 33.1. The monoisotopic (exact) mass is 682 g/mol. The molecule has 1 aliphatic heterocycles. The molecule has 2 nitrogen and oxygen atoms in total. The first kappa shape index (κ1) is 41.2. The van der Waals surface area contributed by atoms with Gasteiger partial charge in [-0.05, 0) is 124 Å². The Balaban J connectivity index is 0.00000768. The molecule has 0 atom stereocenters. The van der Waals surface area contributed by atoms with Gasteiger partial charge in [-0.2, -0.15) is 0 Å². The van der Waals surface area contributed by atoms with E-state index in [1.54, 1.807) is 4.70 Å². The van der Waals surface area contributed by atoms with E-state index in [2.05, 4.69) is 77.9 Å². The van der Waals surface area contributed by atoms with Crippen LogP contribution in [0.1, 0.15) is 190 Å². The van der Waals surface area contributed by atoms with E-state index in [0.29, 0.717) is 0 Å². The summed E-state index contributed by atoms with van der Waals surface area (Å²) in [6.45, 7) is 13.8. The molecule has 1 heterocycles. The van der Waals surface area contributed by atoms with E-state index >= 15 is 0 Å². The molecule has 47 heavy (non-hydrogen) atoms. The second-order valence-corrected chi connectivity index (χ2v) is 14.1. The Kier molecular flexibility index (Phi) is 20.5. The molecule has 1 aliphatic rings. The van der Waals surface area contributed by atoms with Crippen molar-refractivity contribution in [3.8, 4) is 0 Å². The maximum absolute atomic E-state index is 12.4. The SMILES string of the molecule is CCCCCc1cc(CCCCC)cc(C2=C(CCCC)C(CCCC)=C(c3cc(CCCCC)cc(CCCCC)c3)[N+]2=[N-])c1.[Ni]. The molecule has 0 fully saturated rings. The molecule has 0 amide bonds. The molecule has 3 rings (SSSR count). The molecule has 2 aromatic rings. The largest absolute Gasteiger partial charge is 0.493 e. The Morgan fingerprint density at radius 1 is 0.383 bits per heavy atom. The van der Waals surface area contributed by atoms with Crippen molar-refractivity contribution in [3.63, 3.8) is 0 Å². The summed E-state index contributed by atoms with van der Waals surface area (Å²) in [6, 6.07) is 14.6. The van der Waals surface area contributed by atoms with Crippen molar-refractivity contribution in [1.82, 2.24) is 0 Å². The average Bonchev–Trinajstić information content (AvgIpc) is 3.33. The van der Waals surface area contributed by atoms with Gasteiger partial charge in [0.05, 0.1) is 0 Å². The van der Waals surface area contributed by atoms with Crippen LogP contribution in [0.5, 0.6) is 0 Å². The topological polar surface area (TPSA) is 25.3 Å². The van der Waals surface area contributed by atoms with E-state index in [-0.39, 0.29) is 16.5 Å². The smallest absolute Gasteiger partial charge is 0.211 e. The van der Waals surface area contributed by atoms with E-state index in [4.69, 9.17) is 0 Å². The Bertz CT molecular complexity index is 1130. The average molecular weight is 684 g/mol. The minimum absolute atomic E-state index is 0. The second-order valence-electron chi connectivity index (χ2n) is 14.1. The number of hydrogen-bond acceptors (Lipinski definition) is 0. The van der Waals surface area contributed by atoms with E-state index in [9.17, 15) is 5.53 Å². The van der Waals surface area contributed by atoms with Gasteiger partial charge in [0.15, 0.2) is 0 Å². The summed E-state index contributed by atoms with van der Waals surface area (Å²) in [7, 11) is 0. The summed E-state index contributed by atoms with van der Waals surface area (Å²) in [5, 5.41) is 0. The van der Waals surface area contributed by atoms with Crippen LogP contribution in [0.25, 0.3) is 16.9 Å². The van der Waals surface area contributed by atoms with Crippen molar-refractivity contribution in [2.75, 3.05) is 0 Å². The number of rotatable bonds is 24. The fraction of sp³-hybridized carbons (Fsp3) is 0.636. The van der Waals surface area contributed by atoms with Crippen molar-refractivity contribution in [2.24, 2.45) is 0 Å². The van der Waals surface area contributed by atoms with Crippen molar-refractivity contribution in [1.29, 1.82) is 0 Å². The summed E-state index contributed by atoms with van der Waals surface area (Å²) in [4.78, 5) is 0. The van der Waals surface area contributed by atoms with Gasteiger partial charge in [0.2, 0.25) is 11.4 Å². The molecule has 3 heteroatoms. The van der Waals surface area contributed by atoms with Crippen LogP contribution in [-0.2, 0) is 42.2 Å². The van der Waals surface area contributed by atoms with Crippen LogP contribution in [0, 0.1) is 0 Å². The van der Waals surface area contributed by atoms with Crippen molar-refractivity contribution in [2.45, 2.75) is 183 Å². The Morgan fingerprint density at radius 3 is 0.915 bits per heavy atom. The van der Waals surface area contributed by atoms with Gasteiger partial charge in [-0.1, -0.05) is 118 Å². The van der Waals surface area contributed by atoms with Gasteiger partial charge < -0.3 is 5.53 Å². The Labute approximate surface area is 300 Å². The fourth-order valence-electron chi connectivity index (χ4n) is 7.18. The summed E-state index contributed by atoms with van der Waals surface area (Å²) < 4.78 is 1.65. The first-order valence-electron chi connectivity index (χ1n) is 19.7. The quantitative estimate of drug-likeness (QED) is 0.0598. The minimum Gasteiger partial charge on any atom is -0.493 e. The van der Waals surface area contributed by atoms with Crippen LogP contribution < -0.4 is 0 Å². The maximum Gasteiger partial charge on any atom is 0.211 e. The zero-order valence-electron chi connectivity index (χ0n) is 31.2. The van der Waals surface area contributed by atoms with Crippen LogP contribution in [0.15, 0.2) is 47.5 Å². The van der Waals surface area contributed by atoms with E-state index in [1.165, 1.54) is 122 Å². The molecule has 0 aliphatic carbocycles. The number of aryl methyl sites for hydroxylation is 4. The van der Waals surface area contributed by atoms with Gasteiger partial charge in [-0.3, -0.25) is 0 Å². The van der Waals surface area contributed by atoms with Gasteiger partial charge >= 0.3 is 0 Å². The molecule has 0 radical (unpaired) electrons. The molecular formula is C44H68N2Ni. The summed E-state index contributed by atoms with van der Waals surface area (Å²) >= 11 is 0. The van der Waals surface area contributed by atoms with E-state index in [1.807, 2.05) is 0 Å². The minimum atomic E-state index is 0. The number of unbranched alkanes of at least 4 members (excludes halogenated alkanes) is 10. The molecule has 0 aromatic heterocycles. The van der Waals surface area contributed by atoms with Crippen LogP contribution in [0.4, 0.5) is 0 Å². The van der Waals surface area contributed by atoms with Crippen molar-refractivity contribution < 1.29 is 21.2 Å². The molecule has 0 bridgehead atoms. The summed E-state index contributed by atoms with van der Waals surface area (Å²) in [5.41, 5.74) is 25.5. The molecule has 2 aromatic carbocycles. The van der Waals surface area contributed by atoms with Crippen LogP contribution >= 0.6 is 0 Å². The van der Waals surface area contributed by atoms with Crippen LogP contribution in [0.3, 0.4) is 0 Å². The number of benzene rings is 2. The third-order valence-corrected chi connectivity index (χ3v) is 9.85. The van der Waals surface area contributed by atoms with Crippen LogP contribution in [0.2, 0.25) is 0 Å². The van der Waals surface area contributed by atoms with E-state index in [0.717, 1.165) is 75.6 Å². The second kappa shape index (κ2) is 23.4. The fourth-order valence-corrected chi connectivity index (χ4v) is 7.18. The molecule has 264 valence electrons. The van der Waals surface area contributed by atoms with Crippen molar-refractivity contribution >= 4 is 11.4 Å². The molecule has 0 N–H and O–H groups in total. The third-order valence-electron chi connectivity index (χ3n) is 9.85. The van der Waals surface area contributed by atoms with Gasteiger partial charge in [0.25, 0.3) is 0 Å². The van der Waals surface area contributed by atoms with Crippen LogP contribution in [-0.4, -0.2) is 4.70 Å². The number of allylic oxidation sites excluding steroid dienone is 2. The summed E-state index contributed by atoms with van der Waals surface area (Å²) in [5.74, 6) is 0. The maximum atomic E-state index is 12.4. The predicted molar refractivity (Wildman–Crippen MR) is 202 cm³/mol. The first-order chi connectivity index (χ1) is 22.5. The summed E-state index contributed by atoms with van der Waals surface area (Å²) in [6.07, 6.45) is 26.1. The Morgan fingerprint density at radius 2 is 0.660 bits per heavy atom. The molecule has 0 saturated heterocycles. The molecule has 0 saturated carbocycles. The van der Waals surface area contributed by atoms with Crippen molar-refractivity contribution in [3.05, 3.63) is 86.5 Å². The predicted octanol–water partition coefficient (Wildman–Crippen LogP) is 14.2. The zero-order valence-corrected chi connectivity index (χ0v) is 32.2. The number of hydrogen-bond donors (Lipinski definition) is 0. The molecular weight excluding hydrogens is 615 g/mol. The molecule has 0 spiro atoms.